The second-order valence-corrected chi connectivity index (χ2v) is 9.89. The number of amides is 2. The minimum atomic E-state index is -0.268. The molecule has 7 nitrogen and oxygen atoms in total. The Bertz CT molecular complexity index is 1440. The number of hydrazone groups is 1. The minimum absolute atomic E-state index is 0.122. The molecule has 0 aliphatic heterocycles. The summed E-state index contributed by atoms with van der Waals surface area (Å²) < 4.78 is 10.7. The van der Waals surface area contributed by atoms with Crippen LogP contribution in [0.1, 0.15) is 21.9 Å². The monoisotopic (exact) mass is 537 g/mol. The van der Waals surface area contributed by atoms with Crippen LogP contribution in [0.25, 0.3) is 11.1 Å². The third-order valence-electron chi connectivity index (χ3n) is 6.18. The molecule has 4 aromatic carbocycles. The summed E-state index contributed by atoms with van der Waals surface area (Å²) in [7, 11) is 1.59. The number of hydrogen-bond acceptors (Lipinski definition) is 6. The molecule has 0 spiro atoms. The van der Waals surface area contributed by atoms with E-state index in [-0.39, 0.29) is 29.4 Å². The fourth-order valence-electron chi connectivity index (χ4n) is 4.33. The van der Waals surface area contributed by atoms with Crippen molar-refractivity contribution in [1.29, 1.82) is 0 Å². The number of fused-ring (bicyclic) bond motifs is 3. The number of nitrogens with one attached hydrogen (secondary N) is 2. The fraction of sp³-hybridized carbons (Fsp3) is 0.129. The highest BCUT2D eigenvalue weighted by atomic mass is 32.2. The van der Waals surface area contributed by atoms with E-state index >= 15 is 0 Å². The summed E-state index contributed by atoms with van der Waals surface area (Å²) in [4.78, 5) is 24.6. The first-order valence-corrected chi connectivity index (χ1v) is 13.4. The summed E-state index contributed by atoms with van der Waals surface area (Å²) in [6.45, 7) is -0.122. The number of ether oxygens (including phenoxy) is 2. The number of hydrogen-bond donors (Lipinski definition) is 2. The predicted octanol–water partition coefficient (Wildman–Crippen LogP) is 5.67. The first kappa shape index (κ1) is 26.1. The largest absolute Gasteiger partial charge is 0.497 e. The van der Waals surface area contributed by atoms with Gasteiger partial charge in [0.1, 0.15) is 11.5 Å². The van der Waals surface area contributed by atoms with E-state index < -0.39 is 0 Å². The lowest BCUT2D eigenvalue weighted by Crippen LogP contribution is -2.20. The number of nitrogens with zero attached hydrogens (tertiary/aromatic N) is 1. The van der Waals surface area contributed by atoms with E-state index in [1.165, 1.54) is 22.3 Å². The molecule has 0 fully saturated rings. The maximum Gasteiger partial charge on any atom is 0.262 e. The van der Waals surface area contributed by atoms with Crippen molar-refractivity contribution in [2.45, 2.75) is 5.25 Å². The third kappa shape index (κ3) is 6.48. The molecule has 1 aliphatic rings. The molecule has 0 radical (unpaired) electrons. The molecule has 0 atom stereocenters. The molecule has 2 amide bonds. The Morgan fingerprint density at radius 2 is 1.44 bits per heavy atom. The molecule has 196 valence electrons. The summed E-state index contributed by atoms with van der Waals surface area (Å²) >= 11 is 1.59. The molecule has 2 N–H and O–H groups in total. The molecule has 0 saturated carbocycles. The first-order valence-electron chi connectivity index (χ1n) is 12.4. The van der Waals surface area contributed by atoms with Crippen molar-refractivity contribution in [2.75, 3.05) is 24.8 Å². The highest BCUT2D eigenvalue weighted by molar-refractivity contribution is 8.00. The van der Waals surface area contributed by atoms with Crippen molar-refractivity contribution in [1.82, 2.24) is 5.43 Å². The average molecular weight is 538 g/mol. The van der Waals surface area contributed by atoms with Crippen LogP contribution in [0.15, 0.2) is 102 Å². The van der Waals surface area contributed by atoms with Crippen LogP contribution in [0.4, 0.5) is 5.69 Å². The van der Waals surface area contributed by atoms with Crippen LogP contribution in [0.3, 0.4) is 0 Å². The number of benzene rings is 4. The third-order valence-corrected chi connectivity index (χ3v) is 7.45. The number of thioether (sulfide) groups is 1. The van der Waals surface area contributed by atoms with Crippen LogP contribution in [0, 0.1) is 0 Å². The van der Waals surface area contributed by atoms with Gasteiger partial charge in [-0.1, -0.05) is 48.5 Å². The molecule has 1 aliphatic carbocycles. The maximum atomic E-state index is 12.5. The molecule has 4 aromatic rings. The Morgan fingerprint density at radius 1 is 0.821 bits per heavy atom. The number of carbonyl (C=O) groups is 2. The highest BCUT2D eigenvalue weighted by Crippen LogP contribution is 2.49. The molecule has 8 heteroatoms. The Hall–Kier alpha value is -4.56. The fourth-order valence-corrected chi connectivity index (χ4v) is 5.48. The van der Waals surface area contributed by atoms with E-state index in [0.717, 1.165) is 5.56 Å². The zero-order chi connectivity index (χ0) is 27.0. The molecule has 0 bridgehead atoms. The summed E-state index contributed by atoms with van der Waals surface area (Å²) in [5.74, 6) is 1.12. The molecule has 0 heterocycles. The van der Waals surface area contributed by atoms with E-state index in [1.807, 2.05) is 24.3 Å². The normalized spacial score (nSPS) is 12.0. The van der Waals surface area contributed by atoms with Crippen LogP contribution >= 0.6 is 11.8 Å². The van der Waals surface area contributed by atoms with Gasteiger partial charge in [-0.3, -0.25) is 9.59 Å². The van der Waals surface area contributed by atoms with Crippen molar-refractivity contribution < 1.29 is 19.1 Å². The summed E-state index contributed by atoms with van der Waals surface area (Å²) in [5, 5.41) is 6.98. The van der Waals surface area contributed by atoms with Crippen molar-refractivity contribution in [3.8, 4) is 22.6 Å². The van der Waals surface area contributed by atoms with Gasteiger partial charge >= 0.3 is 0 Å². The highest BCUT2D eigenvalue weighted by Gasteiger charge is 2.28. The van der Waals surface area contributed by atoms with Gasteiger partial charge in [-0.05, 0) is 76.3 Å². The Kier molecular flexibility index (Phi) is 8.23. The second-order valence-electron chi connectivity index (χ2n) is 8.79. The summed E-state index contributed by atoms with van der Waals surface area (Å²) in [6.07, 6.45) is 1.57. The molecule has 0 saturated heterocycles. The first-order chi connectivity index (χ1) is 19.1. The van der Waals surface area contributed by atoms with E-state index in [1.54, 1.807) is 73.6 Å². The number of anilines is 1. The smallest absolute Gasteiger partial charge is 0.262 e. The van der Waals surface area contributed by atoms with Crippen molar-refractivity contribution >= 4 is 35.5 Å². The van der Waals surface area contributed by atoms with E-state index in [0.29, 0.717) is 17.2 Å². The summed E-state index contributed by atoms with van der Waals surface area (Å²) in [6, 6.07) is 30.8. The van der Waals surface area contributed by atoms with Crippen LogP contribution in [0.2, 0.25) is 0 Å². The molecule has 0 unspecified atom stereocenters. The van der Waals surface area contributed by atoms with Gasteiger partial charge in [-0.25, -0.2) is 5.43 Å². The number of methoxy groups -OCH3 is 1. The van der Waals surface area contributed by atoms with Gasteiger partial charge in [0, 0.05) is 5.69 Å². The quantitative estimate of drug-likeness (QED) is 0.201. The van der Waals surface area contributed by atoms with Crippen molar-refractivity contribution in [2.24, 2.45) is 5.10 Å². The van der Waals surface area contributed by atoms with E-state index in [9.17, 15) is 9.59 Å². The standard InChI is InChI=1S/C31H27N3O4S/c1-37-23-16-12-22(13-17-23)33-29(35)19-38-24-14-10-21(11-15-24)18-32-34-30(36)20-39-31-27-8-4-2-6-25(27)26-7-3-5-9-28(26)31/h2-18,31H,19-20H2,1H3,(H,33,35)(H,34,36)/b32-18-. The van der Waals surface area contributed by atoms with Crippen LogP contribution < -0.4 is 20.2 Å². The lowest BCUT2D eigenvalue weighted by molar-refractivity contribution is -0.119. The Morgan fingerprint density at radius 3 is 2.08 bits per heavy atom. The predicted molar refractivity (Wildman–Crippen MR) is 155 cm³/mol. The Balaban J connectivity index is 1.07. The second kappa shape index (κ2) is 12.3. The average Bonchev–Trinajstić information content (AvgIpc) is 3.29. The van der Waals surface area contributed by atoms with Gasteiger partial charge in [-0.2, -0.15) is 5.10 Å². The van der Waals surface area contributed by atoms with Gasteiger partial charge in [0.25, 0.3) is 5.91 Å². The lowest BCUT2D eigenvalue weighted by atomic mass is 10.1. The van der Waals surface area contributed by atoms with Crippen molar-refractivity contribution in [3.05, 3.63) is 114 Å². The van der Waals surface area contributed by atoms with Crippen LogP contribution in [-0.2, 0) is 9.59 Å². The van der Waals surface area contributed by atoms with Gasteiger partial charge in [-0.15, -0.1) is 11.8 Å². The topological polar surface area (TPSA) is 89.0 Å². The van der Waals surface area contributed by atoms with Crippen LogP contribution in [0.5, 0.6) is 11.5 Å². The molecule has 5 rings (SSSR count). The molecular weight excluding hydrogens is 510 g/mol. The SMILES string of the molecule is COc1ccc(NC(=O)COc2ccc(/C=N\NC(=O)CSC3c4ccccc4-c4ccccc43)cc2)cc1. The zero-order valence-corrected chi connectivity index (χ0v) is 22.1. The van der Waals surface area contributed by atoms with E-state index in [2.05, 4.69) is 40.1 Å². The van der Waals surface area contributed by atoms with Crippen LogP contribution in [-0.4, -0.2) is 37.5 Å². The molecular formula is C31H27N3O4S. The molecule has 39 heavy (non-hydrogen) atoms. The molecule has 0 aromatic heterocycles. The summed E-state index contributed by atoms with van der Waals surface area (Å²) in [5.41, 5.74) is 8.99. The van der Waals surface area contributed by atoms with Gasteiger partial charge < -0.3 is 14.8 Å². The Labute approximate surface area is 231 Å². The zero-order valence-electron chi connectivity index (χ0n) is 21.3. The van der Waals surface area contributed by atoms with Gasteiger partial charge in [0.15, 0.2) is 6.61 Å². The minimum Gasteiger partial charge on any atom is -0.497 e. The maximum absolute atomic E-state index is 12.5. The number of rotatable bonds is 10. The number of carbonyl (C=O) groups excluding carboxylic acids is 2. The van der Waals surface area contributed by atoms with Crippen molar-refractivity contribution in [3.63, 3.8) is 0 Å². The lowest BCUT2D eigenvalue weighted by Gasteiger charge is -2.12. The van der Waals surface area contributed by atoms with Gasteiger partial charge in [0.05, 0.1) is 24.3 Å². The van der Waals surface area contributed by atoms with Gasteiger partial charge in [0.2, 0.25) is 5.91 Å². The van der Waals surface area contributed by atoms with E-state index in [4.69, 9.17) is 9.47 Å².